The summed E-state index contributed by atoms with van der Waals surface area (Å²) in [7, 11) is 0. The van der Waals surface area contributed by atoms with Crippen molar-refractivity contribution in [2.75, 3.05) is 51.5 Å². The lowest BCUT2D eigenvalue weighted by molar-refractivity contribution is -0.123. The zero-order valence-corrected chi connectivity index (χ0v) is 19.2. The second kappa shape index (κ2) is 13.1. The zero-order chi connectivity index (χ0) is 22.6. The van der Waals surface area contributed by atoms with Crippen molar-refractivity contribution in [3.8, 4) is 5.75 Å². The van der Waals surface area contributed by atoms with Crippen molar-refractivity contribution in [1.82, 2.24) is 15.5 Å². The summed E-state index contributed by atoms with van der Waals surface area (Å²) in [4.78, 5) is 27.5. The fourth-order valence-electron chi connectivity index (χ4n) is 3.35. The van der Waals surface area contributed by atoms with Gasteiger partial charge in [0.25, 0.3) is 5.91 Å². The minimum Gasteiger partial charge on any atom is -0.492 e. The molecule has 0 spiro atoms. The number of morpholine rings is 1. The number of para-hydroxylation sites is 1. The van der Waals surface area contributed by atoms with Crippen molar-refractivity contribution < 1.29 is 23.5 Å². The average molecular weight is 462 g/mol. The first-order valence-corrected chi connectivity index (χ1v) is 12.2. The number of benzene rings is 1. The number of amides is 2. The number of rotatable bonds is 12. The highest BCUT2D eigenvalue weighted by Gasteiger charge is 2.22. The fraction of sp³-hybridized carbons (Fsp3) is 0.478. The van der Waals surface area contributed by atoms with Gasteiger partial charge in [0.2, 0.25) is 5.91 Å². The van der Waals surface area contributed by atoms with Gasteiger partial charge in [-0.15, -0.1) is 0 Å². The van der Waals surface area contributed by atoms with Crippen LogP contribution in [0.4, 0.5) is 0 Å². The largest absolute Gasteiger partial charge is 0.492 e. The highest BCUT2D eigenvalue weighted by atomic mass is 32.2. The molecule has 0 radical (unpaired) electrons. The van der Waals surface area contributed by atoms with E-state index >= 15 is 0 Å². The standard InChI is InChI=1S/C23H31N3O5S/c1-32-16-8-19(25-23(28)21-7-4-12-30-21)22(27)24-17-18-5-2-3-6-20(18)31-15-11-26-9-13-29-14-10-26/h2-7,12,19H,8-11,13-17H2,1H3,(H,24,27)(H,25,28). The van der Waals surface area contributed by atoms with E-state index in [0.29, 0.717) is 19.6 Å². The summed E-state index contributed by atoms with van der Waals surface area (Å²) in [5.41, 5.74) is 0.892. The number of thioether (sulfide) groups is 1. The first-order chi connectivity index (χ1) is 15.7. The molecule has 2 heterocycles. The van der Waals surface area contributed by atoms with Crippen molar-refractivity contribution in [2.24, 2.45) is 0 Å². The van der Waals surface area contributed by atoms with E-state index in [1.54, 1.807) is 23.9 Å². The van der Waals surface area contributed by atoms with Crippen LogP contribution in [0.5, 0.6) is 5.75 Å². The summed E-state index contributed by atoms with van der Waals surface area (Å²) >= 11 is 1.62. The quantitative estimate of drug-likeness (QED) is 0.500. The summed E-state index contributed by atoms with van der Waals surface area (Å²) in [5.74, 6) is 1.05. The van der Waals surface area contributed by atoms with E-state index in [-0.39, 0.29) is 11.7 Å². The zero-order valence-electron chi connectivity index (χ0n) is 18.4. The molecule has 1 aromatic heterocycles. The van der Waals surface area contributed by atoms with E-state index in [9.17, 15) is 9.59 Å². The van der Waals surface area contributed by atoms with Crippen LogP contribution in [-0.4, -0.2) is 74.2 Å². The Hall–Kier alpha value is -2.49. The van der Waals surface area contributed by atoms with Crippen LogP contribution in [0.2, 0.25) is 0 Å². The number of nitrogens with one attached hydrogen (secondary N) is 2. The Bertz CT molecular complexity index is 840. The van der Waals surface area contributed by atoms with Gasteiger partial charge in [-0.2, -0.15) is 11.8 Å². The van der Waals surface area contributed by atoms with Gasteiger partial charge < -0.3 is 24.5 Å². The Labute approximate surface area is 193 Å². The molecule has 1 fully saturated rings. The SMILES string of the molecule is CSCCC(NC(=O)c1ccco1)C(=O)NCc1ccccc1OCCN1CCOCC1. The van der Waals surface area contributed by atoms with Gasteiger partial charge in [0.05, 0.1) is 19.5 Å². The van der Waals surface area contributed by atoms with E-state index in [1.807, 2.05) is 30.5 Å². The monoisotopic (exact) mass is 461 g/mol. The predicted octanol–water partition coefficient (Wildman–Crippen LogP) is 2.16. The van der Waals surface area contributed by atoms with Crippen molar-refractivity contribution in [3.05, 3.63) is 54.0 Å². The first-order valence-electron chi connectivity index (χ1n) is 10.8. The third-order valence-electron chi connectivity index (χ3n) is 5.17. The molecule has 1 saturated heterocycles. The maximum atomic E-state index is 12.8. The number of furan rings is 1. The normalized spacial score (nSPS) is 15.2. The molecule has 2 N–H and O–H groups in total. The highest BCUT2D eigenvalue weighted by Crippen LogP contribution is 2.18. The fourth-order valence-corrected chi connectivity index (χ4v) is 3.82. The molecule has 1 aliphatic heterocycles. The maximum Gasteiger partial charge on any atom is 0.287 e. The lowest BCUT2D eigenvalue weighted by atomic mass is 10.1. The van der Waals surface area contributed by atoms with E-state index in [4.69, 9.17) is 13.9 Å². The van der Waals surface area contributed by atoms with Crippen LogP contribution < -0.4 is 15.4 Å². The Morgan fingerprint density at radius 3 is 2.75 bits per heavy atom. The molecule has 2 aromatic rings. The summed E-state index contributed by atoms with van der Waals surface area (Å²) in [6.45, 7) is 5.08. The molecule has 1 unspecified atom stereocenters. The van der Waals surface area contributed by atoms with Crippen LogP contribution in [0.3, 0.4) is 0 Å². The second-order valence-corrected chi connectivity index (χ2v) is 8.40. The number of carbonyl (C=O) groups excluding carboxylic acids is 2. The maximum absolute atomic E-state index is 12.8. The van der Waals surface area contributed by atoms with Gasteiger partial charge in [-0.3, -0.25) is 14.5 Å². The van der Waals surface area contributed by atoms with E-state index in [2.05, 4.69) is 15.5 Å². The Morgan fingerprint density at radius 1 is 1.19 bits per heavy atom. The van der Waals surface area contributed by atoms with Gasteiger partial charge in [0, 0.05) is 31.7 Å². The van der Waals surface area contributed by atoms with Gasteiger partial charge in [0.1, 0.15) is 18.4 Å². The van der Waals surface area contributed by atoms with Crippen LogP contribution in [0.15, 0.2) is 47.1 Å². The molecule has 2 amide bonds. The van der Waals surface area contributed by atoms with Crippen LogP contribution in [0, 0.1) is 0 Å². The number of ether oxygens (including phenoxy) is 2. The second-order valence-electron chi connectivity index (χ2n) is 7.41. The Balaban J connectivity index is 1.52. The summed E-state index contributed by atoms with van der Waals surface area (Å²) < 4.78 is 16.5. The smallest absolute Gasteiger partial charge is 0.287 e. The minimum atomic E-state index is -0.644. The molecule has 8 nitrogen and oxygen atoms in total. The summed E-state index contributed by atoms with van der Waals surface area (Å²) in [6, 6.07) is 10.2. The first kappa shape index (κ1) is 24.2. The lowest BCUT2D eigenvalue weighted by Crippen LogP contribution is -2.46. The van der Waals surface area contributed by atoms with Gasteiger partial charge >= 0.3 is 0 Å². The van der Waals surface area contributed by atoms with Gasteiger partial charge in [-0.1, -0.05) is 18.2 Å². The van der Waals surface area contributed by atoms with Crippen LogP contribution in [0.1, 0.15) is 22.5 Å². The van der Waals surface area contributed by atoms with Gasteiger partial charge in [0.15, 0.2) is 5.76 Å². The molecule has 9 heteroatoms. The van der Waals surface area contributed by atoms with Crippen LogP contribution in [-0.2, 0) is 16.1 Å². The third-order valence-corrected chi connectivity index (χ3v) is 5.82. The minimum absolute atomic E-state index is 0.186. The van der Waals surface area contributed by atoms with Crippen molar-refractivity contribution >= 4 is 23.6 Å². The van der Waals surface area contributed by atoms with Crippen molar-refractivity contribution in [1.29, 1.82) is 0 Å². The molecule has 0 bridgehead atoms. The molecular weight excluding hydrogens is 430 g/mol. The predicted molar refractivity (Wildman–Crippen MR) is 124 cm³/mol. The summed E-state index contributed by atoms with van der Waals surface area (Å²) in [6.07, 6.45) is 3.92. The third kappa shape index (κ3) is 7.58. The number of carbonyl (C=O) groups is 2. The highest BCUT2D eigenvalue weighted by molar-refractivity contribution is 7.98. The molecule has 0 aliphatic carbocycles. The number of hydrogen-bond acceptors (Lipinski definition) is 7. The van der Waals surface area contributed by atoms with Crippen molar-refractivity contribution in [3.63, 3.8) is 0 Å². The average Bonchev–Trinajstić information content (AvgIpc) is 3.37. The van der Waals surface area contributed by atoms with E-state index in [1.165, 1.54) is 6.26 Å². The Kier molecular flexibility index (Phi) is 9.93. The van der Waals surface area contributed by atoms with Crippen LogP contribution in [0.25, 0.3) is 0 Å². The molecule has 1 atom stereocenters. The molecule has 174 valence electrons. The van der Waals surface area contributed by atoms with Crippen molar-refractivity contribution in [2.45, 2.75) is 19.0 Å². The molecule has 3 rings (SSSR count). The topological polar surface area (TPSA) is 93.0 Å². The summed E-state index contributed by atoms with van der Waals surface area (Å²) in [5, 5.41) is 5.71. The molecular formula is C23H31N3O5S. The molecule has 1 aromatic carbocycles. The molecule has 1 aliphatic rings. The molecule has 32 heavy (non-hydrogen) atoms. The Morgan fingerprint density at radius 2 is 2.00 bits per heavy atom. The van der Waals surface area contributed by atoms with E-state index < -0.39 is 11.9 Å². The molecule has 0 saturated carbocycles. The lowest BCUT2D eigenvalue weighted by Gasteiger charge is -2.26. The van der Waals surface area contributed by atoms with Gasteiger partial charge in [-0.25, -0.2) is 0 Å². The van der Waals surface area contributed by atoms with Crippen LogP contribution >= 0.6 is 11.8 Å². The number of nitrogens with zero attached hydrogens (tertiary/aromatic N) is 1. The van der Waals surface area contributed by atoms with Gasteiger partial charge in [-0.05, 0) is 36.6 Å². The van der Waals surface area contributed by atoms with E-state index in [0.717, 1.165) is 49.9 Å². The number of hydrogen-bond donors (Lipinski definition) is 2.